The Bertz CT molecular complexity index is 803. The van der Waals surface area contributed by atoms with Crippen LogP contribution in [0.4, 0.5) is 11.4 Å². The van der Waals surface area contributed by atoms with Crippen molar-refractivity contribution in [3.8, 4) is 0 Å². The summed E-state index contributed by atoms with van der Waals surface area (Å²) in [6.45, 7) is 9.19. The van der Waals surface area contributed by atoms with E-state index in [1.807, 2.05) is 0 Å². The van der Waals surface area contributed by atoms with Gasteiger partial charge in [0.05, 0.1) is 0 Å². The van der Waals surface area contributed by atoms with E-state index in [2.05, 4.69) is 43.7 Å². The minimum atomic E-state index is 0.429. The predicted octanol–water partition coefficient (Wildman–Crippen LogP) is 10.3. The molecule has 0 fully saturated rings. The number of rotatable bonds is 22. The summed E-state index contributed by atoms with van der Waals surface area (Å²) in [6, 6.07) is 3.86. The molecule has 0 unspecified atom stereocenters. The van der Waals surface area contributed by atoms with Crippen molar-refractivity contribution in [1.29, 1.82) is 0 Å². The third-order valence-corrected chi connectivity index (χ3v) is 7.12. The Morgan fingerprint density at radius 2 is 1.03 bits per heavy atom. The second-order valence-electron chi connectivity index (χ2n) is 11.3. The number of isocyanates is 2. The standard InChI is InChI=1S/C32H52N2O2/c1-27(2)19-15-11-7-5-9-13-17-21-29-23-24-31(33-25-35)32(34-26-36)30(29)22-18-14-10-6-8-12-16-20-28(3)4/h23-24,27-28H,5-22H2,1-4H3. The van der Waals surface area contributed by atoms with Gasteiger partial charge in [-0.1, -0.05) is 124 Å². The van der Waals surface area contributed by atoms with Gasteiger partial charge < -0.3 is 0 Å². The molecule has 202 valence electrons. The number of aryl methyl sites for hydroxylation is 1. The maximum Gasteiger partial charge on any atom is 0.240 e. The molecule has 0 heterocycles. The lowest BCUT2D eigenvalue weighted by Crippen LogP contribution is -1.97. The van der Waals surface area contributed by atoms with Gasteiger partial charge in [0.15, 0.2) is 0 Å². The van der Waals surface area contributed by atoms with Gasteiger partial charge in [-0.3, -0.25) is 0 Å². The molecule has 0 aliphatic heterocycles. The number of benzene rings is 1. The van der Waals surface area contributed by atoms with Crippen LogP contribution in [-0.2, 0) is 22.4 Å². The highest BCUT2D eigenvalue weighted by molar-refractivity contribution is 5.73. The SMILES string of the molecule is CC(C)CCCCCCCCCc1ccc(N=C=O)c(N=C=O)c1CCCCCCCCCC(C)C. The van der Waals surface area contributed by atoms with Crippen molar-refractivity contribution < 1.29 is 9.59 Å². The van der Waals surface area contributed by atoms with E-state index in [1.54, 1.807) is 18.2 Å². The first-order valence-corrected chi connectivity index (χ1v) is 14.8. The Hall–Kier alpha value is -2.02. The minimum Gasteiger partial charge on any atom is -0.211 e. The summed E-state index contributed by atoms with van der Waals surface area (Å²) in [5, 5.41) is 0. The van der Waals surface area contributed by atoms with E-state index >= 15 is 0 Å². The summed E-state index contributed by atoms with van der Waals surface area (Å²) in [4.78, 5) is 29.8. The van der Waals surface area contributed by atoms with E-state index in [1.165, 1.54) is 95.5 Å². The molecule has 4 heteroatoms. The molecule has 0 saturated heterocycles. The monoisotopic (exact) mass is 496 g/mol. The summed E-state index contributed by atoms with van der Waals surface area (Å²) >= 11 is 0. The maximum atomic E-state index is 11.2. The molecule has 0 amide bonds. The Morgan fingerprint density at radius 3 is 1.50 bits per heavy atom. The molecule has 4 nitrogen and oxygen atoms in total. The van der Waals surface area contributed by atoms with Gasteiger partial charge in [-0.25, -0.2) is 9.59 Å². The van der Waals surface area contributed by atoms with Crippen LogP contribution >= 0.6 is 0 Å². The van der Waals surface area contributed by atoms with E-state index in [9.17, 15) is 9.59 Å². The summed E-state index contributed by atoms with van der Waals surface area (Å²) in [5.74, 6) is 1.62. The molecular weight excluding hydrogens is 444 g/mol. The molecule has 0 bridgehead atoms. The van der Waals surface area contributed by atoms with Gasteiger partial charge in [0.25, 0.3) is 0 Å². The van der Waals surface area contributed by atoms with Gasteiger partial charge in [-0.05, 0) is 54.7 Å². The molecule has 1 aromatic rings. The smallest absolute Gasteiger partial charge is 0.211 e. The molecular formula is C32H52N2O2. The van der Waals surface area contributed by atoms with E-state index in [0.29, 0.717) is 11.4 Å². The van der Waals surface area contributed by atoms with Gasteiger partial charge in [-0.15, -0.1) is 0 Å². The number of carbonyl (C=O) groups excluding carboxylic acids is 2. The molecule has 0 atom stereocenters. The van der Waals surface area contributed by atoms with E-state index < -0.39 is 0 Å². The fourth-order valence-corrected chi connectivity index (χ4v) is 4.98. The van der Waals surface area contributed by atoms with Gasteiger partial charge in [0.2, 0.25) is 12.2 Å². The first-order valence-electron chi connectivity index (χ1n) is 14.8. The Kier molecular flexibility index (Phi) is 18.8. The zero-order chi connectivity index (χ0) is 26.4. The summed E-state index contributed by atoms with van der Waals surface area (Å²) in [6.07, 6.45) is 25.6. The molecule has 0 N–H and O–H groups in total. The number of aliphatic imine (C=N–C) groups is 2. The molecule has 1 rings (SSSR count). The van der Waals surface area contributed by atoms with Gasteiger partial charge in [0, 0.05) is 0 Å². The van der Waals surface area contributed by atoms with Crippen molar-refractivity contribution in [3.63, 3.8) is 0 Å². The van der Waals surface area contributed by atoms with E-state index in [0.717, 1.165) is 43.1 Å². The van der Waals surface area contributed by atoms with Crippen LogP contribution in [-0.4, -0.2) is 12.2 Å². The quantitative estimate of drug-likeness (QED) is 0.0910. The molecule has 0 aliphatic carbocycles. The van der Waals surface area contributed by atoms with Crippen LogP contribution in [0, 0.1) is 11.8 Å². The van der Waals surface area contributed by atoms with Crippen molar-refractivity contribution in [1.82, 2.24) is 0 Å². The lowest BCUT2D eigenvalue weighted by atomic mass is 9.94. The third kappa shape index (κ3) is 15.2. The summed E-state index contributed by atoms with van der Waals surface area (Å²) in [5.41, 5.74) is 3.25. The average molecular weight is 497 g/mol. The van der Waals surface area contributed by atoms with Crippen molar-refractivity contribution in [2.24, 2.45) is 21.8 Å². The van der Waals surface area contributed by atoms with Crippen molar-refractivity contribution in [2.45, 2.75) is 143 Å². The van der Waals surface area contributed by atoms with Crippen LogP contribution in [0.15, 0.2) is 22.1 Å². The molecule has 0 saturated carbocycles. The zero-order valence-corrected chi connectivity index (χ0v) is 23.7. The van der Waals surface area contributed by atoms with Gasteiger partial charge in [-0.2, -0.15) is 9.98 Å². The molecule has 36 heavy (non-hydrogen) atoms. The van der Waals surface area contributed by atoms with Crippen LogP contribution in [0.1, 0.15) is 142 Å². The number of hydrogen-bond donors (Lipinski definition) is 0. The zero-order valence-electron chi connectivity index (χ0n) is 23.7. The lowest BCUT2D eigenvalue weighted by molar-refractivity contribution is 0.508. The highest BCUT2D eigenvalue weighted by Gasteiger charge is 2.13. The highest BCUT2D eigenvalue weighted by atomic mass is 16.1. The second kappa shape index (κ2) is 21.1. The normalized spacial score (nSPS) is 11.1. The van der Waals surface area contributed by atoms with Crippen LogP contribution in [0.5, 0.6) is 0 Å². The Morgan fingerprint density at radius 1 is 0.583 bits per heavy atom. The summed E-state index contributed by atoms with van der Waals surface area (Å²) < 4.78 is 0. The Labute approximate surface area is 221 Å². The molecule has 0 aliphatic rings. The third-order valence-electron chi connectivity index (χ3n) is 7.12. The molecule has 0 spiro atoms. The minimum absolute atomic E-state index is 0.429. The van der Waals surface area contributed by atoms with Crippen molar-refractivity contribution in [3.05, 3.63) is 23.3 Å². The van der Waals surface area contributed by atoms with E-state index in [-0.39, 0.29) is 0 Å². The van der Waals surface area contributed by atoms with E-state index in [4.69, 9.17) is 0 Å². The van der Waals surface area contributed by atoms with Crippen molar-refractivity contribution >= 4 is 23.5 Å². The number of unbranched alkanes of at least 4 members (excludes halogenated alkanes) is 12. The summed E-state index contributed by atoms with van der Waals surface area (Å²) in [7, 11) is 0. The number of hydrogen-bond acceptors (Lipinski definition) is 4. The fraction of sp³-hybridized carbons (Fsp3) is 0.750. The maximum absolute atomic E-state index is 11.2. The second-order valence-corrected chi connectivity index (χ2v) is 11.3. The van der Waals surface area contributed by atoms with Crippen LogP contribution in [0.25, 0.3) is 0 Å². The average Bonchev–Trinajstić information content (AvgIpc) is 2.84. The van der Waals surface area contributed by atoms with Crippen LogP contribution in [0.2, 0.25) is 0 Å². The van der Waals surface area contributed by atoms with Crippen LogP contribution in [0.3, 0.4) is 0 Å². The fourth-order valence-electron chi connectivity index (χ4n) is 4.98. The highest BCUT2D eigenvalue weighted by Crippen LogP contribution is 2.36. The lowest BCUT2D eigenvalue weighted by Gasteiger charge is -2.14. The first kappa shape index (κ1) is 32.0. The number of nitrogens with zero attached hydrogens (tertiary/aromatic N) is 2. The Balaban J connectivity index is 2.56. The largest absolute Gasteiger partial charge is 0.240 e. The van der Waals surface area contributed by atoms with Gasteiger partial charge >= 0.3 is 0 Å². The van der Waals surface area contributed by atoms with Gasteiger partial charge in [0.1, 0.15) is 11.4 Å². The molecule has 1 aromatic carbocycles. The van der Waals surface area contributed by atoms with Crippen molar-refractivity contribution in [2.75, 3.05) is 0 Å². The molecule has 0 aromatic heterocycles. The topological polar surface area (TPSA) is 58.9 Å². The van der Waals surface area contributed by atoms with Crippen LogP contribution < -0.4 is 0 Å². The first-order chi connectivity index (χ1) is 17.5. The predicted molar refractivity (Wildman–Crippen MR) is 153 cm³/mol. The molecule has 0 radical (unpaired) electrons.